The molecule has 5 nitrogen and oxygen atoms in total. The molecular formula is C23H16ClNO4. The largest absolute Gasteiger partial charge is 0.497 e. The highest BCUT2D eigenvalue weighted by Crippen LogP contribution is 2.22. The minimum atomic E-state index is -0.567. The molecule has 0 aliphatic rings. The van der Waals surface area contributed by atoms with Crippen molar-refractivity contribution in [1.29, 1.82) is 0 Å². The molecule has 29 heavy (non-hydrogen) atoms. The van der Waals surface area contributed by atoms with E-state index in [-0.39, 0.29) is 11.1 Å². The van der Waals surface area contributed by atoms with E-state index in [4.69, 9.17) is 21.1 Å². The number of methoxy groups -OCH3 is 1. The summed E-state index contributed by atoms with van der Waals surface area (Å²) in [5.74, 6) is 0.465. The van der Waals surface area contributed by atoms with E-state index in [0.29, 0.717) is 33.0 Å². The normalized spacial score (nSPS) is 10.7. The Morgan fingerprint density at radius 3 is 2.28 bits per heavy atom. The lowest BCUT2D eigenvalue weighted by Crippen LogP contribution is -2.22. The highest BCUT2D eigenvalue weighted by molar-refractivity contribution is 6.30. The Morgan fingerprint density at radius 2 is 1.59 bits per heavy atom. The summed E-state index contributed by atoms with van der Waals surface area (Å²) < 4.78 is 12.0. The molecule has 0 atom stereocenters. The maximum Gasteiger partial charge on any atom is 0.345 e. The Labute approximate surface area is 171 Å². The average molecular weight is 406 g/mol. The van der Waals surface area contributed by atoms with E-state index >= 15 is 0 Å². The molecule has 4 aromatic rings. The number of rotatable bonds is 4. The molecule has 1 heterocycles. The number of ether oxygens (including phenoxy) is 2. The Balaban J connectivity index is 1.83. The summed E-state index contributed by atoms with van der Waals surface area (Å²) in [7, 11) is 1.56. The fourth-order valence-corrected chi connectivity index (χ4v) is 3.26. The third-order valence-electron chi connectivity index (χ3n) is 4.50. The van der Waals surface area contributed by atoms with Crippen molar-refractivity contribution in [2.45, 2.75) is 0 Å². The first-order chi connectivity index (χ1) is 14.1. The van der Waals surface area contributed by atoms with Crippen molar-refractivity contribution in [2.24, 2.45) is 0 Å². The number of carbonyl (C=O) groups excluding carboxylic acids is 1. The standard InChI is InChI=1S/C23H16ClNO4/c1-28-17-9-11-18(12-10-17)29-23(27)21-14-25(16-6-4-5-15(24)13-16)22(26)20-8-3-2-7-19(20)21/h2-14H,1H3. The van der Waals surface area contributed by atoms with Gasteiger partial charge in [-0.15, -0.1) is 0 Å². The van der Waals surface area contributed by atoms with E-state index in [2.05, 4.69) is 0 Å². The maximum atomic E-state index is 13.0. The van der Waals surface area contributed by atoms with Crippen molar-refractivity contribution >= 4 is 28.3 Å². The number of benzene rings is 3. The van der Waals surface area contributed by atoms with Crippen LogP contribution in [0.5, 0.6) is 11.5 Å². The van der Waals surface area contributed by atoms with Gasteiger partial charge >= 0.3 is 5.97 Å². The Kier molecular flexibility index (Phi) is 5.06. The maximum absolute atomic E-state index is 13.0. The number of carbonyl (C=O) groups is 1. The van der Waals surface area contributed by atoms with Gasteiger partial charge < -0.3 is 9.47 Å². The smallest absolute Gasteiger partial charge is 0.345 e. The fourth-order valence-electron chi connectivity index (χ4n) is 3.08. The van der Waals surface area contributed by atoms with Crippen molar-refractivity contribution < 1.29 is 14.3 Å². The van der Waals surface area contributed by atoms with Crippen molar-refractivity contribution in [3.8, 4) is 17.2 Å². The van der Waals surface area contributed by atoms with Crippen LogP contribution in [-0.2, 0) is 0 Å². The van der Waals surface area contributed by atoms with E-state index in [9.17, 15) is 9.59 Å². The molecule has 0 saturated carbocycles. The first kappa shape index (κ1) is 18.8. The Hall–Kier alpha value is -3.57. The summed E-state index contributed by atoms with van der Waals surface area (Å²) in [6.07, 6.45) is 1.49. The Bertz CT molecular complexity index is 1260. The van der Waals surface area contributed by atoms with Gasteiger partial charge in [-0.25, -0.2) is 4.79 Å². The topological polar surface area (TPSA) is 57.5 Å². The average Bonchev–Trinajstić information content (AvgIpc) is 2.74. The lowest BCUT2D eigenvalue weighted by Gasteiger charge is -2.12. The molecular weight excluding hydrogens is 390 g/mol. The molecule has 0 fully saturated rings. The lowest BCUT2D eigenvalue weighted by atomic mass is 10.1. The predicted octanol–water partition coefficient (Wildman–Crippen LogP) is 4.87. The zero-order valence-corrected chi connectivity index (χ0v) is 16.2. The third-order valence-corrected chi connectivity index (χ3v) is 4.74. The van der Waals surface area contributed by atoms with Crippen LogP contribution in [0.1, 0.15) is 10.4 Å². The van der Waals surface area contributed by atoms with E-state index in [0.717, 1.165) is 0 Å². The zero-order chi connectivity index (χ0) is 20.4. The van der Waals surface area contributed by atoms with Crippen LogP contribution in [0.2, 0.25) is 5.02 Å². The molecule has 6 heteroatoms. The van der Waals surface area contributed by atoms with Gasteiger partial charge in [-0.3, -0.25) is 9.36 Å². The minimum Gasteiger partial charge on any atom is -0.497 e. The molecule has 3 aromatic carbocycles. The Morgan fingerprint density at radius 1 is 0.897 bits per heavy atom. The molecule has 0 amide bonds. The summed E-state index contributed by atoms with van der Waals surface area (Å²) >= 11 is 6.08. The van der Waals surface area contributed by atoms with Gasteiger partial charge in [0.2, 0.25) is 0 Å². The van der Waals surface area contributed by atoms with Gasteiger partial charge in [-0.1, -0.05) is 35.9 Å². The number of hydrogen-bond acceptors (Lipinski definition) is 4. The first-order valence-electron chi connectivity index (χ1n) is 8.83. The van der Waals surface area contributed by atoms with E-state index in [1.165, 1.54) is 10.8 Å². The second-order valence-corrected chi connectivity index (χ2v) is 6.74. The number of halogens is 1. The summed E-state index contributed by atoms with van der Waals surface area (Å²) in [6, 6.07) is 20.5. The molecule has 0 spiro atoms. The number of nitrogens with zero attached hydrogens (tertiary/aromatic N) is 1. The monoisotopic (exact) mass is 405 g/mol. The van der Waals surface area contributed by atoms with Crippen LogP contribution in [0.15, 0.2) is 83.8 Å². The van der Waals surface area contributed by atoms with Crippen LogP contribution >= 0.6 is 11.6 Å². The number of aromatic nitrogens is 1. The molecule has 0 bridgehead atoms. The molecule has 0 radical (unpaired) electrons. The molecule has 0 saturated heterocycles. The lowest BCUT2D eigenvalue weighted by molar-refractivity contribution is 0.0736. The van der Waals surface area contributed by atoms with Crippen LogP contribution in [0, 0.1) is 0 Å². The molecule has 1 aromatic heterocycles. The van der Waals surface area contributed by atoms with Gasteiger partial charge in [0, 0.05) is 22.0 Å². The number of hydrogen-bond donors (Lipinski definition) is 0. The molecule has 0 N–H and O–H groups in total. The van der Waals surface area contributed by atoms with Crippen LogP contribution in [0.4, 0.5) is 0 Å². The van der Waals surface area contributed by atoms with Crippen molar-refractivity contribution in [3.05, 3.63) is 99.9 Å². The molecule has 0 aliphatic carbocycles. The predicted molar refractivity (Wildman–Crippen MR) is 113 cm³/mol. The quantitative estimate of drug-likeness (QED) is 0.359. The van der Waals surface area contributed by atoms with Gasteiger partial charge in [-0.05, 0) is 48.5 Å². The molecule has 0 unspecified atom stereocenters. The van der Waals surface area contributed by atoms with Gasteiger partial charge in [-0.2, -0.15) is 0 Å². The van der Waals surface area contributed by atoms with E-state index < -0.39 is 5.97 Å². The molecule has 0 aliphatic heterocycles. The summed E-state index contributed by atoms with van der Waals surface area (Å²) in [5, 5.41) is 1.43. The van der Waals surface area contributed by atoms with Crippen LogP contribution in [-0.4, -0.2) is 17.6 Å². The SMILES string of the molecule is COc1ccc(OC(=O)c2cn(-c3cccc(Cl)c3)c(=O)c3ccccc23)cc1. The van der Waals surface area contributed by atoms with Crippen LogP contribution < -0.4 is 15.0 Å². The summed E-state index contributed by atoms with van der Waals surface area (Å²) in [4.78, 5) is 25.9. The number of fused-ring (bicyclic) bond motifs is 1. The summed E-state index contributed by atoms with van der Waals surface area (Å²) in [5.41, 5.74) is 0.589. The first-order valence-corrected chi connectivity index (χ1v) is 9.21. The fraction of sp³-hybridized carbons (Fsp3) is 0.0435. The highest BCUT2D eigenvalue weighted by Gasteiger charge is 2.17. The minimum absolute atomic E-state index is 0.246. The second kappa shape index (κ2) is 7.81. The second-order valence-electron chi connectivity index (χ2n) is 6.31. The van der Waals surface area contributed by atoms with Crippen LogP contribution in [0.25, 0.3) is 16.5 Å². The van der Waals surface area contributed by atoms with E-state index in [1.54, 1.807) is 79.9 Å². The molecule has 144 valence electrons. The van der Waals surface area contributed by atoms with Gasteiger partial charge in [0.1, 0.15) is 11.5 Å². The summed E-state index contributed by atoms with van der Waals surface area (Å²) in [6.45, 7) is 0. The van der Waals surface area contributed by atoms with Crippen molar-refractivity contribution in [3.63, 3.8) is 0 Å². The highest BCUT2D eigenvalue weighted by atomic mass is 35.5. The van der Waals surface area contributed by atoms with Gasteiger partial charge in [0.05, 0.1) is 18.4 Å². The zero-order valence-electron chi connectivity index (χ0n) is 15.5. The van der Waals surface area contributed by atoms with Crippen LogP contribution in [0.3, 0.4) is 0 Å². The van der Waals surface area contributed by atoms with E-state index in [1.807, 2.05) is 0 Å². The molecule has 4 rings (SSSR count). The third kappa shape index (κ3) is 3.73. The van der Waals surface area contributed by atoms with Gasteiger partial charge in [0.15, 0.2) is 0 Å². The number of esters is 1. The van der Waals surface area contributed by atoms with Gasteiger partial charge in [0.25, 0.3) is 5.56 Å². The number of pyridine rings is 1. The van der Waals surface area contributed by atoms with Crippen molar-refractivity contribution in [2.75, 3.05) is 7.11 Å². The van der Waals surface area contributed by atoms with Crippen molar-refractivity contribution in [1.82, 2.24) is 4.57 Å².